The highest BCUT2D eigenvalue weighted by Crippen LogP contribution is 2.32. The second-order valence-electron chi connectivity index (χ2n) is 7.79. The fraction of sp³-hybridized carbons (Fsp3) is 0.320. The number of rotatable bonds is 7. The summed E-state index contributed by atoms with van der Waals surface area (Å²) >= 11 is 0. The van der Waals surface area contributed by atoms with Gasteiger partial charge in [0.25, 0.3) is 5.91 Å². The zero-order chi connectivity index (χ0) is 23.5. The molecule has 32 heavy (non-hydrogen) atoms. The molecule has 0 aliphatic rings. The number of benzene rings is 3. The summed E-state index contributed by atoms with van der Waals surface area (Å²) in [5.74, 6) is -2.00. The van der Waals surface area contributed by atoms with E-state index in [1.54, 1.807) is 0 Å². The fourth-order valence-electron chi connectivity index (χ4n) is 3.77. The molecule has 170 valence electrons. The van der Waals surface area contributed by atoms with Crippen molar-refractivity contribution in [1.29, 1.82) is 0 Å². The second kappa shape index (κ2) is 9.69. The zero-order valence-electron chi connectivity index (χ0n) is 18.3. The maximum absolute atomic E-state index is 13.6. The third-order valence-electron chi connectivity index (χ3n) is 5.61. The van der Waals surface area contributed by atoms with Gasteiger partial charge in [-0.2, -0.15) is 13.2 Å². The van der Waals surface area contributed by atoms with Crippen molar-refractivity contribution >= 4 is 16.7 Å². The minimum absolute atomic E-state index is 0.206. The van der Waals surface area contributed by atoms with Crippen LogP contribution < -0.4 is 0 Å². The van der Waals surface area contributed by atoms with Gasteiger partial charge in [0.05, 0.1) is 5.56 Å². The first-order valence-corrected chi connectivity index (χ1v) is 10.5. The molecule has 0 fully saturated rings. The fourth-order valence-corrected chi connectivity index (χ4v) is 3.77. The van der Waals surface area contributed by atoms with E-state index in [1.807, 2.05) is 24.3 Å². The molecule has 0 N–H and O–H groups in total. The van der Waals surface area contributed by atoms with Crippen LogP contribution in [0.25, 0.3) is 10.8 Å². The number of halogens is 4. The Morgan fingerprint density at radius 2 is 1.66 bits per heavy atom. The van der Waals surface area contributed by atoms with Crippen molar-refractivity contribution in [3.8, 4) is 0 Å². The van der Waals surface area contributed by atoms with E-state index in [0.29, 0.717) is 12.1 Å². The van der Waals surface area contributed by atoms with Crippen LogP contribution >= 0.6 is 0 Å². The van der Waals surface area contributed by atoms with Crippen LogP contribution in [0, 0.1) is 5.82 Å². The molecule has 3 aromatic rings. The lowest BCUT2D eigenvalue weighted by atomic mass is 10.0. The zero-order valence-corrected chi connectivity index (χ0v) is 18.3. The largest absolute Gasteiger partial charge is 0.419 e. The maximum Gasteiger partial charge on any atom is 0.419 e. The van der Waals surface area contributed by atoms with Gasteiger partial charge in [-0.15, -0.1) is 0 Å². The van der Waals surface area contributed by atoms with Crippen LogP contribution in [0.3, 0.4) is 0 Å². The number of hydrogen-bond donors (Lipinski definition) is 0. The molecule has 0 bridgehead atoms. The standard InChI is InChI=1S/C25H26F4N2O/c1-4-31(5-2)15-17-9-11-21-18(13-17)7-6-8-20(21)16-30(3)24(32)19-10-12-23(26)22(14-19)25(27,28)29/h6-14H,4-5,15-16H2,1-3H3. The highest BCUT2D eigenvalue weighted by molar-refractivity contribution is 5.94. The quantitative estimate of drug-likeness (QED) is 0.409. The third-order valence-corrected chi connectivity index (χ3v) is 5.61. The second-order valence-corrected chi connectivity index (χ2v) is 7.79. The monoisotopic (exact) mass is 446 g/mol. The molecule has 3 nitrogen and oxygen atoms in total. The van der Waals surface area contributed by atoms with Gasteiger partial charge in [-0.05, 0) is 59.3 Å². The molecule has 0 aromatic heterocycles. The molecule has 0 aliphatic heterocycles. The van der Waals surface area contributed by atoms with Crippen molar-refractivity contribution in [2.45, 2.75) is 33.1 Å². The molecule has 7 heteroatoms. The lowest BCUT2D eigenvalue weighted by Crippen LogP contribution is -2.27. The van der Waals surface area contributed by atoms with E-state index in [4.69, 9.17) is 0 Å². The Balaban J connectivity index is 1.84. The van der Waals surface area contributed by atoms with E-state index >= 15 is 0 Å². The molecule has 0 unspecified atom stereocenters. The molecule has 0 aliphatic carbocycles. The third kappa shape index (κ3) is 5.27. The Labute approximate surface area is 185 Å². The number of hydrogen-bond acceptors (Lipinski definition) is 2. The van der Waals surface area contributed by atoms with Crippen molar-refractivity contribution in [3.63, 3.8) is 0 Å². The van der Waals surface area contributed by atoms with Crippen LogP contribution in [0.15, 0.2) is 54.6 Å². The van der Waals surface area contributed by atoms with Crippen molar-refractivity contribution in [2.24, 2.45) is 0 Å². The average molecular weight is 446 g/mol. The Kier molecular flexibility index (Phi) is 7.19. The minimum Gasteiger partial charge on any atom is -0.337 e. The molecule has 0 spiro atoms. The molecule has 3 aromatic carbocycles. The van der Waals surface area contributed by atoms with Crippen molar-refractivity contribution < 1.29 is 22.4 Å². The van der Waals surface area contributed by atoms with Gasteiger partial charge in [0, 0.05) is 25.7 Å². The van der Waals surface area contributed by atoms with Crippen LogP contribution in [0.2, 0.25) is 0 Å². The predicted octanol–water partition coefficient (Wildman–Crippen LogP) is 6.11. The molecular weight excluding hydrogens is 420 g/mol. The first-order valence-electron chi connectivity index (χ1n) is 10.5. The molecule has 0 saturated carbocycles. The Hall–Kier alpha value is -2.93. The number of carbonyl (C=O) groups excluding carboxylic acids is 1. The van der Waals surface area contributed by atoms with E-state index in [-0.39, 0.29) is 12.1 Å². The number of carbonyl (C=O) groups is 1. The molecule has 0 atom stereocenters. The average Bonchev–Trinajstić information content (AvgIpc) is 2.76. The topological polar surface area (TPSA) is 23.6 Å². The van der Waals surface area contributed by atoms with Crippen molar-refractivity contribution in [3.05, 3.63) is 82.7 Å². The van der Waals surface area contributed by atoms with Crippen LogP contribution in [-0.2, 0) is 19.3 Å². The number of alkyl halides is 3. The van der Waals surface area contributed by atoms with Crippen molar-refractivity contribution in [2.75, 3.05) is 20.1 Å². The van der Waals surface area contributed by atoms with Gasteiger partial charge in [-0.1, -0.05) is 44.2 Å². The van der Waals surface area contributed by atoms with E-state index < -0.39 is 23.5 Å². The molecule has 3 rings (SSSR count). The van der Waals surface area contributed by atoms with Crippen molar-refractivity contribution in [1.82, 2.24) is 9.80 Å². The van der Waals surface area contributed by atoms with Gasteiger partial charge in [0.15, 0.2) is 0 Å². The first kappa shape index (κ1) is 23.7. The maximum atomic E-state index is 13.6. The minimum atomic E-state index is -4.86. The molecular formula is C25H26F4N2O. The summed E-state index contributed by atoms with van der Waals surface area (Å²) in [6, 6.07) is 14.3. The van der Waals surface area contributed by atoms with E-state index in [0.717, 1.165) is 42.0 Å². The summed E-state index contributed by atoms with van der Waals surface area (Å²) in [5.41, 5.74) is 0.422. The van der Waals surface area contributed by atoms with Crippen LogP contribution in [-0.4, -0.2) is 35.8 Å². The summed E-state index contributed by atoms with van der Waals surface area (Å²) in [5, 5.41) is 2.01. The summed E-state index contributed by atoms with van der Waals surface area (Å²) in [4.78, 5) is 16.4. The molecule has 0 saturated heterocycles. The van der Waals surface area contributed by atoms with Crippen LogP contribution in [0.1, 0.15) is 40.9 Å². The Morgan fingerprint density at radius 1 is 0.938 bits per heavy atom. The molecule has 1 amide bonds. The lowest BCUT2D eigenvalue weighted by molar-refractivity contribution is -0.140. The van der Waals surface area contributed by atoms with Gasteiger partial charge in [-0.3, -0.25) is 9.69 Å². The summed E-state index contributed by atoms with van der Waals surface area (Å²) in [6.45, 7) is 7.21. The number of fused-ring (bicyclic) bond motifs is 1. The SMILES string of the molecule is CCN(CC)Cc1ccc2c(CN(C)C(=O)c3ccc(F)c(C(F)(F)F)c3)cccc2c1. The Bertz CT molecular complexity index is 1110. The summed E-state index contributed by atoms with van der Waals surface area (Å²) < 4.78 is 52.6. The first-order chi connectivity index (χ1) is 15.1. The van der Waals surface area contributed by atoms with Gasteiger partial charge >= 0.3 is 6.18 Å². The summed E-state index contributed by atoms with van der Waals surface area (Å²) in [7, 11) is 1.52. The number of amides is 1. The normalized spacial score (nSPS) is 11.9. The Morgan fingerprint density at radius 3 is 2.31 bits per heavy atom. The van der Waals surface area contributed by atoms with Gasteiger partial charge in [0.1, 0.15) is 5.82 Å². The van der Waals surface area contributed by atoms with Gasteiger partial charge in [-0.25, -0.2) is 4.39 Å². The molecule has 0 radical (unpaired) electrons. The lowest BCUT2D eigenvalue weighted by Gasteiger charge is -2.20. The smallest absolute Gasteiger partial charge is 0.337 e. The van der Waals surface area contributed by atoms with Crippen LogP contribution in [0.5, 0.6) is 0 Å². The predicted molar refractivity (Wildman–Crippen MR) is 118 cm³/mol. The highest BCUT2D eigenvalue weighted by Gasteiger charge is 2.35. The molecule has 0 heterocycles. The van der Waals surface area contributed by atoms with E-state index in [9.17, 15) is 22.4 Å². The van der Waals surface area contributed by atoms with Gasteiger partial charge in [0.2, 0.25) is 0 Å². The van der Waals surface area contributed by atoms with Gasteiger partial charge < -0.3 is 4.90 Å². The highest BCUT2D eigenvalue weighted by atomic mass is 19.4. The van der Waals surface area contributed by atoms with E-state index in [1.165, 1.54) is 17.5 Å². The summed E-state index contributed by atoms with van der Waals surface area (Å²) in [6.07, 6.45) is -4.86. The number of nitrogens with zero attached hydrogens (tertiary/aromatic N) is 2. The van der Waals surface area contributed by atoms with E-state index in [2.05, 4.69) is 30.9 Å². The van der Waals surface area contributed by atoms with Crippen LogP contribution in [0.4, 0.5) is 17.6 Å².